The number of benzene rings is 6. The predicted molar refractivity (Wildman–Crippen MR) is 217 cm³/mol. The molecule has 6 aromatic carbocycles. The topological polar surface area (TPSA) is 14.2 Å². The number of rotatable bonds is 9. The number of halogens is 4. The Kier molecular flexibility index (Phi) is 12.4. The second kappa shape index (κ2) is 17.2. The van der Waals surface area contributed by atoms with Gasteiger partial charge in [0.1, 0.15) is 0 Å². The third-order valence-corrected chi connectivity index (χ3v) is 10.4. The highest BCUT2D eigenvalue weighted by atomic mass is 79.9. The van der Waals surface area contributed by atoms with Crippen LogP contribution >= 0.6 is 23.2 Å². The molecule has 4 nitrogen and oxygen atoms in total. The Morgan fingerprint density at radius 1 is 0.426 bits per heavy atom. The van der Waals surface area contributed by atoms with Crippen LogP contribution in [0.25, 0.3) is 32.9 Å². The third kappa shape index (κ3) is 8.18. The first kappa shape index (κ1) is 39.0. The maximum atomic E-state index is 6.15. The summed E-state index contributed by atoms with van der Waals surface area (Å²) in [6.45, 7) is 1.56. The monoisotopic (exact) mass is 874 g/mol. The highest BCUT2D eigenvalue weighted by molar-refractivity contribution is 6.31. The molecule has 270 valence electrons. The highest BCUT2D eigenvalue weighted by Gasteiger charge is 2.18. The van der Waals surface area contributed by atoms with E-state index >= 15 is 0 Å². The number of hydrogen-bond donors (Lipinski definition) is 0. The number of anilines is 4. The normalized spacial score (nSPS) is 10.8. The number of para-hydroxylation sites is 2. The van der Waals surface area contributed by atoms with Crippen molar-refractivity contribution >= 4 is 67.8 Å². The number of fused-ring (bicyclic) bond motifs is 2. The fraction of sp³-hybridized carbons (Fsp3) is 0.0870. The molecule has 0 amide bonds. The predicted octanol–water partition coefficient (Wildman–Crippen LogP) is 5.18. The first-order chi connectivity index (χ1) is 25.4. The summed E-state index contributed by atoms with van der Waals surface area (Å²) >= 11 is 12.3. The van der Waals surface area contributed by atoms with Crippen LogP contribution in [0.5, 0.6) is 0 Å². The van der Waals surface area contributed by atoms with Crippen LogP contribution in [-0.4, -0.2) is 14.1 Å². The molecule has 0 bridgehead atoms. The molecule has 8 rings (SSSR count). The van der Waals surface area contributed by atoms with Gasteiger partial charge in [0.25, 0.3) is 0 Å². The average molecular weight is 878 g/mol. The van der Waals surface area contributed by atoms with Gasteiger partial charge in [0.2, 0.25) is 11.0 Å². The van der Waals surface area contributed by atoms with Crippen molar-refractivity contribution in [2.45, 2.75) is 13.1 Å². The minimum atomic E-state index is 0. The largest absolute Gasteiger partial charge is 1.00 e. The van der Waals surface area contributed by atoms with Crippen LogP contribution in [0.2, 0.25) is 10.0 Å². The van der Waals surface area contributed by atoms with Crippen molar-refractivity contribution in [2.75, 3.05) is 23.9 Å². The zero-order chi connectivity index (χ0) is 35.6. The van der Waals surface area contributed by atoms with Crippen molar-refractivity contribution in [1.29, 1.82) is 0 Å². The zero-order valence-electron chi connectivity index (χ0n) is 29.9. The lowest BCUT2D eigenvalue weighted by molar-refractivity contribution is -0.662. The van der Waals surface area contributed by atoms with E-state index in [9.17, 15) is 0 Å². The molecule has 8 aromatic rings. The molecule has 0 aliphatic heterocycles. The fourth-order valence-electron chi connectivity index (χ4n) is 7.01. The molecule has 0 radical (unpaired) electrons. The lowest BCUT2D eigenvalue weighted by Gasteiger charge is -2.21. The van der Waals surface area contributed by atoms with E-state index in [1.165, 1.54) is 44.1 Å². The van der Waals surface area contributed by atoms with Crippen LogP contribution in [0.15, 0.2) is 170 Å². The van der Waals surface area contributed by atoms with Crippen LogP contribution < -0.4 is 52.9 Å². The molecule has 2 aromatic heterocycles. The van der Waals surface area contributed by atoms with E-state index < -0.39 is 0 Å². The summed E-state index contributed by atoms with van der Waals surface area (Å²) < 4.78 is 4.64. The van der Waals surface area contributed by atoms with E-state index in [1.807, 2.05) is 24.3 Å². The van der Waals surface area contributed by atoms with Crippen molar-refractivity contribution < 1.29 is 43.1 Å². The summed E-state index contributed by atoms with van der Waals surface area (Å²) in [5, 5.41) is 3.88. The maximum Gasteiger partial charge on any atom is 0.214 e. The molecule has 0 fully saturated rings. The minimum Gasteiger partial charge on any atom is -1.00 e. The number of aromatic nitrogens is 2. The molecule has 0 atom stereocenters. The minimum absolute atomic E-state index is 0. The molecule has 2 heterocycles. The standard InChI is InChI=1S/C46H38Cl2N4.2BrH/c1-49(39-23-19-37(47)20-24-39)43-27-29-51(45-9-5-3-7-41(43)45)31-33-11-15-35(16-12-33)36-17-13-34(14-18-36)32-52-30-28-44(42-8-4-6-10-46(42)52)50(2)40-25-21-38(48)22-26-40;;/h3-30H,31-32H2,1-2H3;2*1H/q+2;;/p-2. The molecule has 0 spiro atoms. The second-order valence-corrected chi connectivity index (χ2v) is 14.0. The Labute approximate surface area is 348 Å². The quantitative estimate of drug-likeness (QED) is 0.186. The Morgan fingerprint density at radius 3 is 1.15 bits per heavy atom. The van der Waals surface area contributed by atoms with Crippen LogP contribution in [0.1, 0.15) is 11.1 Å². The van der Waals surface area contributed by atoms with Gasteiger partial charge >= 0.3 is 0 Å². The van der Waals surface area contributed by atoms with E-state index in [0.29, 0.717) is 0 Å². The molecule has 0 saturated heterocycles. The van der Waals surface area contributed by atoms with Gasteiger partial charge in [-0.15, -0.1) is 0 Å². The van der Waals surface area contributed by atoms with Gasteiger partial charge in [0.15, 0.2) is 25.5 Å². The van der Waals surface area contributed by atoms with E-state index in [-0.39, 0.29) is 34.0 Å². The van der Waals surface area contributed by atoms with Gasteiger partial charge in [-0.25, -0.2) is 0 Å². The van der Waals surface area contributed by atoms with Gasteiger partial charge in [-0.05, 0) is 71.8 Å². The highest BCUT2D eigenvalue weighted by Crippen LogP contribution is 2.32. The smallest absolute Gasteiger partial charge is 0.214 e. The molecule has 0 aliphatic carbocycles. The second-order valence-electron chi connectivity index (χ2n) is 13.2. The van der Waals surface area contributed by atoms with E-state index in [4.69, 9.17) is 23.2 Å². The number of pyridine rings is 2. The fourth-order valence-corrected chi connectivity index (χ4v) is 7.26. The third-order valence-electron chi connectivity index (χ3n) is 9.90. The molecule has 0 saturated carbocycles. The van der Waals surface area contributed by atoms with Gasteiger partial charge in [-0.2, -0.15) is 9.13 Å². The molecular formula is C46H38Br2Cl2N4. The Bertz CT molecular complexity index is 2330. The lowest BCUT2D eigenvalue weighted by Crippen LogP contribution is -3.00. The van der Waals surface area contributed by atoms with Gasteiger partial charge in [0.05, 0.1) is 22.1 Å². The summed E-state index contributed by atoms with van der Waals surface area (Å²) in [5.74, 6) is 0. The molecule has 54 heavy (non-hydrogen) atoms. The van der Waals surface area contributed by atoms with Crippen molar-refractivity contribution in [1.82, 2.24) is 0 Å². The van der Waals surface area contributed by atoms with Crippen molar-refractivity contribution in [3.8, 4) is 11.1 Å². The van der Waals surface area contributed by atoms with Crippen molar-refractivity contribution in [3.63, 3.8) is 0 Å². The lowest BCUT2D eigenvalue weighted by atomic mass is 10.0. The van der Waals surface area contributed by atoms with Gasteiger partial charge in [-0.1, -0.05) is 96.0 Å². The van der Waals surface area contributed by atoms with Crippen LogP contribution in [-0.2, 0) is 13.1 Å². The molecular weight excluding hydrogens is 839 g/mol. The first-order valence-corrected chi connectivity index (χ1v) is 18.2. The zero-order valence-corrected chi connectivity index (χ0v) is 34.6. The molecule has 0 N–H and O–H groups in total. The van der Waals surface area contributed by atoms with Gasteiger partial charge < -0.3 is 43.8 Å². The summed E-state index contributed by atoms with van der Waals surface area (Å²) in [6, 6.07) is 55.4. The van der Waals surface area contributed by atoms with Gasteiger partial charge in [0, 0.05) is 70.9 Å². The van der Waals surface area contributed by atoms with Crippen molar-refractivity contribution in [2.24, 2.45) is 0 Å². The molecule has 8 heteroatoms. The van der Waals surface area contributed by atoms with Crippen LogP contribution in [0.3, 0.4) is 0 Å². The molecule has 0 unspecified atom stereocenters. The van der Waals surface area contributed by atoms with Crippen LogP contribution in [0.4, 0.5) is 22.7 Å². The Balaban J connectivity index is 0.00000249. The molecule has 0 aliphatic rings. The van der Waals surface area contributed by atoms with Crippen molar-refractivity contribution in [3.05, 3.63) is 191 Å². The average Bonchev–Trinajstić information content (AvgIpc) is 3.19. The first-order valence-electron chi connectivity index (χ1n) is 17.4. The number of hydrogen-bond acceptors (Lipinski definition) is 2. The maximum absolute atomic E-state index is 6.15. The van der Waals surface area contributed by atoms with Crippen LogP contribution in [0, 0.1) is 0 Å². The summed E-state index contributed by atoms with van der Waals surface area (Å²) in [6.07, 6.45) is 4.37. The summed E-state index contributed by atoms with van der Waals surface area (Å²) in [5.41, 5.74) is 11.8. The summed E-state index contributed by atoms with van der Waals surface area (Å²) in [7, 11) is 4.20. The summed E-state index contributed by atoms with van der Waals surface area (Å²) in [4.78, 5) is 4.42. The van der Waals surface area contributed by atoms with E-state index in [1.54, 1.807) is 0 Å². The Morgan fingerprint density at radius 2 is 0.778 bits per heavy atom. The number of nitrogens with zero attached hydrogens (tertiary/aromatic N) is 4. The Hall–Kier alpha value is -4.72. The van der Waals surface area contributed by atoms with E-state index in [0.717, 1.165) is 45.9 Å². The van der Waals surface area contributed by atoms with E-state index in [2.05, 4.69) is 179 Å². The van der Waals surface area contributed by atoms with Gasteiger partial charge in [-0.3, -0.25) is 0 Å². The SMILES string of the molecule is CN(c1ccc(Cl)cc1)c1cc[n+](Cc2ccc(-c3ccc(C[n+]4ccc(N(C)c5ccc(Cl)cc5)c5ccccc54)cc3)cc2)c2ccccc12.[Br-].[Br-].